The van der Waals surface area contributed by atoms with Gasteiger partial charge in [-0.3, -0.25) is 0 Å². The minimum absolute atomic E-state index is 0.0107. The van der Waals surface area contributed by atoms with Crippen molar-refractivity contribution >= 4 is 17.1 Å². The molecule has 0 aliphatic heterocycles. The van der Waals surface area contributed by atoms with Gasteiger partial charge in [-0.15, -0.1) is 0 Å². The van der Waals surface area contributed by atoms with Crippen LogP contribution in [-0.2, 0) is 27.1 Å². The number of anilines is 3. The van der Waals surface area contributed by atoms with Gasteiger partial charge in [0.25, 0.3) is 0 Å². The molecule has 4 aliphatic carbocycles. The lowest BCUT2D eigenvalue weighted by molar-refractivity contribution is 0.586. The van der Waals surface area contributed by atoms with E-state index in [1.165, 1.54) is 117 Å². The average molecular weight is 828 g/mol. The lowest BCUT2D eigenvalue weighted by atomic mass is 9.69. The number of hydrogen-bond donors (Lipinski definition) is 0. The predicted molar refractivity (Wildman–Crippen MR) is 270 cm³/mol. The average Bonchev–Trinajstić information content (AvgIpc) is 3.91. The van der Waals surface area contributed by atoms with Gasteiger partial charge < -0.3 is 4.90 Å². The van der Waals surface area contributed by atoms with Crippen LogP contribution >= 0.6 is 0 Å². The van der Waals surface area contributed by atoms with Crippen molar-refractivity contribution in [1.29, 1.82) is 0 Å². The molecular weight excluding hydrogens is 771 g/mol. The summed E-state index contributed by atoms with van der Waals surface area (Å²) in [6.45, 7) is 23.7. The first-order valence-electron chi connectivity index (χ1n) is 23.3. The van der Waals surface area contributed by atoms with Gasteiger partial charge >= 0.3 is 0 Å². The van der Waals surface area contributed by atoms with Crippen molar-refractivity contribution in [3.63, 3.8) is 0 Å². The molecule has 64 heavy (non-hydrogen) atoms. The Kier molecular flexibility index (Phi) is 7.87. The summed E-state index contributed by atoms with van der Waals surface area (Å²) in [6.07, 6.45) is 0. The van der Waals surface area contributed by atoms with Crippen LogP contribution in [0.1, 0.15) is 125 Å². The Bertz CT molecular complexity index is 3130. The largest absolute Gasteiger partial charge is 0.310 e. The van der Waals surface area contributed by atoms with Gasteiger partial charge in [0.2, 0.25) is 0 Å². The van der Waals surface area contributed by atoms with E-state index in [9.17, 15) is 0 Å². The molecule has 1 spiro atoms. The molecule has 0 saturated heterocycles. The molecule has 0 fully saturated rings. The number of benzene rings is 8. The smallest absolute Gasteiger partial charge is 0.0726 e. The third-order valence-electron chi connectivity index (χ3n) is 15.8. The summed E-state index contributed by atoms with van der Waals surface area (Å²) in [5.74, 6) is 0. The summed E-state index contributed by atoms with van der Waals surface area (Å²) in [6, 6.07) is 63.8. The lowest BCUT2D eigenvalue weighted by Crippen LogP contribution is -2.27. The first kappa shape index (κ1) is 39.2. The Morgan fingerprint density at radius 1 is 0.328 bits per heavy atom. The topological polar surface area (TPSA) is 3.24 Å². The quantitative estimate of drug-likeness (QED) is 0.171. The highest BCUT2D eigenvalue weighted by molar-refractivity contribution is 6.02. The Hall–Kier alpha value is -6.44. The molecule has 0 N–H and O–H groups in total. The lowest BCUT2D eigenvalue weighted by Gasteiger charge is -2.34. The van der Waals surface area contributed by atoms with Crippen molar-refractivity contribution in [2.24, 2.45) is 0 Å². The van der Waals surface area contributed by atoms with Gasteiger partial charge in [0, 0.05) is 27.8 Å². The van der Waals surface area contributed by atoms with Gasteiger partial charge in [0.15, 0.2) is 0 Å². The molecule has 314 valence electrons. The second-order valence-electron chi connectivity index (χ2n) is 22.2. The Morgan fingerprint density at radius 2 is 0.719 bits per heavy atom. The van der Waals surface area contributed by atoms with E-state index in [4.69, 9.17) is 0 Å². The van der Waals surface area contributed by atoms with Gasteiger partial charge in [-0.2, -0.15) is 0 Å². The van der Waals surface area contributed by atoms with Crippen LogP contribution in [0.4, 0.5) is 17.1 Å². The van der Waals surface area contributed by atoms with Crippen LogP contribution in [0.15, 0.2) is 164 Å². The van der Waals surface area contributed by atoms with E-state index in [1.54, 1.807) is 0 Å². The Labute approximate surface area is 380 Å². The normalized spacial score (nSPS) is 16.0. The van der Waals surface area contributed by atoms with E-state index in [-0.39, 0.29) is 21.7 Å². The summed E-state index contributed by atoms with van der Waals surface area (Å²) >= 11 is 0. The Balaban J connectivity index is 1.17. The van der Waals surface area contributed by atoms with Crippen molar-refractivity contribution in [2.75, 3.05) is 4.90 Å². The van der Waals surface area contributed by atoms with Crippen LogP contribution in [0, 0.1) is 0 Å². The van der Waals surface area contributed by atoms with Crippen LogP contribution in [-0.4, -0.2) is 0 Å². The maximum absolute atomic E-state index is 2.60. The van der Waals surface area contributed by atoms with Crippen LogP contribution in [0.5, 0.6) is 0 Å². The maximum Gasteiger partial charge on any atom is 0.0726 e. The van der Waals surface area contributed by atoms with E-state index in [2.05, 4.69) is 238 Å². The molecule has 1 nitrogen and oxygen atoms in total. The molecule has 0 saturated carbocycles. The van der Waals surface area contributed by atoms with Crippen LogP contribution < -0.4 is 4.90 Å². The fraction of sp³-hybridized carbons (Fsp3) is 0.238. The SMILES string of the molecule is CC(C)(C)c1ccc2c(c1)C1(c3cc(C(C)(C)C)ccc3-2)c2ccccc2-c2c(N(c3ccc4c(c3)C(C)(C)c3ccccc3-4)c3ccc4c(c3)C(C)(C)c3ccccc3-4)cccc21. The highest BCUT2D eigenvalue weighted by atomic mass is 15.1. The molecular formula is C63H57N. The van der Waals surface area contributed by atoms with Crippen LogP contribution in [0.25, 0.3) is 44.5 Å². The first-order chi connectivity index (χ1) is 30.5. The molecule has 0 atom stereocenters. The monoisotopic (exact) mass is 827 g/mol. The van der Waals surface area contributed by atoms with Crippen molar-refractivity contribution < 1.29 is 0 Å². The van der Waals surface area contributed by atoms with E-state index >= 15 is 0 Å². The van der Waals surface area contributed by atoms with Crippen molar-refractivity contribution in [3.05, 3.63) is 219 Å². The minimum Gasteiger partial charge on any atom is -0.310 e. The van der Waals surface area contributed by atoms with Gasteiger partial charge in [-0.1, -0.05) is 203 Å². The van der Waals surface area contributed by atoms with Crippen molar-refractivity contribution in [3.8, 4) is 44.5 Å². The molecule has 1 heteroatoms. The highest BCUT2D eigenvalue weighted by Gasteiger charge is 2.53. The summed E-state index contributed by atoms with van der Waals surface area (Å²) < 4.78 is 0. The first-order valence-corrected chi connectivity index (χ1v) is 23.3. The van der Waals surface area contributed by atoms with Crippen molar-refractivity contribution in [1.82, 2.24) is 0 Å². The molecule has 0 unspecified atom stereocenters. The predicted octanol–water partition coefficient (Wildman–Crippen LogP) is 16.7. The number of nitrogens with zero attached hydrogens (tertiary/aromatic N) is 1. The molecule has 12 rings (SSSR count). The van der Waals surface area contributed by atoms with E-state index in [1.807, 2.05) is 0 Å². The molecule has 0 aromatic heterocycles. The van der Waals surface area contributed by atoms with Crippen LogP contribution in [0.2, 0.25) is 0 Å². The van der Waals surface area contributed by atoms with Crippen molar-refractivity contribution in [2.45, 2.75) is 96.3 Å². The molecule has 0 bridgehead atoms. The molecule has 8 aromatic carbocycles. The van der Waals surface area contributed by atoms with E-state index in [0.717, 1.165) is 0 Å². The molecule has 4 aliphatic rings. The Morgan fingerprint density at radius 3 is 1.20 bits per heavy atom. The summed E-state index contributed by atoms with van der Waals surface area (Å²) in [4.78, 5) is 2.60. The minimum atomic E-state index is -0.496. The van der Waals surface area contributed by atoms with Gasteiger partial charge in [-0.25, -0.2) is 0 Å². The second kappa shape index (κ2) is 12.9. The summed E-state index contributed by atoms with van der Waals surface area (Å²) in [7, 11) is 0. The standard InChI is InChI=1S/C63H57N/c1-59(2,3)38-26-30-46-47-31-27-39(60(4,5)6)35-56(47)63(55(46)34-38)51-23-16-13-20-48(51)58-52(63)24-17-25-57(58)64(40-28-32-44-42-18-11-14-21-49(42)61(7,8)53(44)36-40)41-29-33-45-43-19-12-15-22-50(43)62(9,10)54(45)37-41/h11-37H,1-10H3. The fourth-order valence-electron chi connectivity index (χ4n) is 12.4. The zero-order chi connectivity index (χ0) is 44.3. The maximum atomic E-state index is 2.60. The summed E-state index contributed by atoms with van der Waals surface area (Å²) in [5.41, 5.74) is 27.2. The van der Waals surface area contributed by atoms with Gasteiger partial charge in [0.05, 0.1) is 11.1 Å². The van der Waals surface area contributed by atoms with Gasteiger partial charge in [-0.05, 0) is 136 Å². The molecule has 0 heterocycles. The zero-order valence-corrected chi connectivity index (χ0v) is 39.0. The van der Waals surface area contributed by atoms with E-state index in [0.29, 0.717) is 0 Å². The fourth-order valence-corrected chi connectivity index (χ4v) is 12.4. The number of hydrogen-bond acceptors (Lipinski definition) is 1. The third-order valence-corrected chi connectivity index (χ3v) is 15.8. The number of rotatable bonds is 3. The molecule has 0 radical (unpaired) electrons. The van der Waals surface area contributed by atoms with E-state index < -0.39 is 5.41 Å². The van der Waals surface area contributed by atoms with Crippen LogP contribution in [0.3, 0.4) is 0 Å². The summed E-state index contributed by atoms with van der Waals surface area (Å²) in [5, 5.41) is 0. The highest BCUT2D eigenvalue weighted by Crippen LogP contribution is 2.66. The van der Waals surface area contributed by atoms with Gasteiger partial charge in [0.1, 0.15) is 0 Å². The second-order valence-corrected chi connectivity index (χ2v) is 22.2. The number of fused-ring (bicyclic) bond motifs is 16. The molecule has 0 amide bonds. The molecule has 8 aromatic rings. The third kappa shape index (κ3) is 5.07. The zero-order valence-electron chi connectivity index (χ0n) is 39.0.